The molecule has 0 radical (unpaired) electrons. The monoisotopic (exact) mass is 518 g/mol. The van der Waals surface area contributed by atoms with Crippen molar-refractivity contribution in [1.82, 2.24) is 15.5 Å². The fourth-order valence-electron chi connectivity index (χ4n) is 3.53. The molecular formula is C22H39IN4O2. The minimum absolute atomic E-state index is 0. The third kappa shape index (κ3) is 10.5. The van der Waals surface area contributed by atoms with Crippen molar-refractivity contribution in [1.29, 1.82) is 0 Å². The molecule has 7 heteroatoms. The van der Waals surface area contributed by atoms with Crippen molar-refractivity contribution in [2.24, 2.45) is 10.9 Å². The summed E-state index contributed by atoms with van der Waals surface area (Å²) in [5.74, 6) is 1.87. The molecular weight excluding hydrogens is 479 g/mol. The highest BCUT2D eigenvalue weighted by Gasteiger charge is 2.21. The fraction of sp³-hybridized carbons (Fsp3) is 0.682. The number of phenols is 1. The number of rotatable bonds is 10. The van der Waals surface area contributed by atoms with Gasteiger partial charge < -0.3 is 20.5 Å². The number of halogens is 1. The third-order valence-electron chi connectivity index (χ3n) is 4.98. The van der Waals surface area contributed by atoms with Crippen LogP contribution in [0.2, 0.25) is 0 Å². The predicted molar refractivity (Wildman–Crippen MR) is 131 cm³/mol. The molecule has 6 nitrogen and oxygen atoms in total. The van der Waals surface area contributed by atoms with E-state index in [4.69, 9.17) is 9.73 Å². The molecule has 1 aliphatic rings. The van der Waals surface area contributed by atoms with Crippen LogP contribution in [0.25, 0.3) is 0 Å². The van der Waals surface area contributed by atoms with Crippen LogP contribution in [0, 0.1) is 5.92 Å². The van der Waals surface area contributed by atoms with Gasteiger partial charge in [0.2, 0.25) is 0 Å². The van der Waals surface area contributed by atoms with Crippen LogP contribution in [0.3, 0.4) is 0 Å². The number of guanidine groups is 1. The molecule has 1 aromatic carbocycles. The molecule has 1 fully saturated rings. The van der Waals surface area contributed by atoms with Crippen LogP contribution in [0.5, 0.6) is 5.75 Å². The van der Waals surface area contributed by atoms with E-state index in [0.29, 0.717) is 17.7 Å². The summed E-state index contributed by atoms with van der Waals surface area (Å²) in [5.41, 5.74) is 1.24. The summed E-state index contributed by atoms with van der Waals surface area (Å²) in [6, 6.07) is 7.92. The minimum Gasteiger partial charge on any atom is -0.508 e. The van der Waals surface area contributed by atoms with Gasteiger partial charge in [-0.15, -0.1) is 24.0 Å². The SMILES string of the molecule is CCNC(=NCC(CC(C)C)N1CCOCC1)NCCCc1ccc(O)cc1.I. The molecule has 1 saturated heterocycles. The quantitative estimate of drug-likeness (QED) is 0.192. The second-order valence-corrected chi connectivity index (χ2v) is 7.85. The standard InChI is InChI=1S/C22H38N4O2.HI/c1-4-23-22(24-11-5-6-19-7-9-21(27)10-8-19)25-17-20(16-18(2)3)26-12-14-28-15-13-26;/h7-10,18,20,27H,4-6,11-17H2,1-3H3,(H2,23,24,25);1H. The molecule has 0 aromatic heterocycles. The van der Waals surface area contributed by atoms with Gasteiger partial charge in [0.15, 0.2) is 5.96 Å². The van der Waals surface area contributed by atoms with E-state index in [-0.39, 0.29) is 24.0 Å². The number of ether oxygens (including phenoxy) is 1. The molecule has 0 saturated carbocycles. The van der Waals surface area contributed by atoms with Crippen LogP contribution in [-0.2, 0) is 11.2 Å². The maximum Gasteiger partial charge on any atom is 0.191 e. The lowest BCUT2D eigenvalue weighted by Crippen LogP contribution is -2.46. The van der Waals surface area contributed by atoms with Crippen molar-refractivity contribution in [2.75, 3.05) is 45.9 Å². The van der Waals surface area contributed by atoms with Crippen LogP contribution in [-0.4, -0.2) is 67.9 Å². The van der Waals surface area contributed by atoms with Crippen molar-refractivity contribution in [3.63, 3.8) is 0 Å². The molecule has 1 unspecified atom stereocenters. The summed E-state index contributed by atoms with van der Waals surface area (Å²) >= 11 is 0. The van der Waals surface area contributed by atoms with Gasteiger partial charge >= 0.3 is 0 Å². The number of benzene rings is 1. The zero-order chi connectivity index (χ0) is 20.2. The number of nitrogens with zero attached hydrogens (tertiary/aromatic N) is 2. The summed E-state index contributed by atoms with van der Waals surface area (Å²) in [7, 11) is 0. The van der Waals surface area contributed by atoms with E-state index in [0.717, 1.165) is 71.2 Å². The van der Waals surface area contributed by atoms with E-state index in [1.807, 2.05) is 12.1 Å². The van der Waals surface area contributed by atoms with Gasteiger partial charge in [0.1, 0.15) is 5.75 Å². The maximum atomic E-state index is 9.37. The van der Waals surface area contributed by atoms with E-state index < -0.39 is 0 Å². The normalized spacial score (nSPS) is 16.3. The summed E-state index contributed by atoms with van der Waals surface area (Å²) in [5, 5.41) is 16.2. The zero-order valence-corrected chi connectivity index (χ0v) is 20.5. The molecule has 3 N–H and O–H groups in total. The van der Waals surface area contributed by atoms with E-state index in [2.05, 4.69) is 36.3 Å². The Balaban J connectivity index is 0.00000420. The molecule has 0 spiro atoms. The average molecular weight is 518 g/mol. The summed E-state index contributed by atoms with van der Waals surface area (Å²) in [6.07, 6.45) is 3.16. The lowest BCUT2D eigenvalue weighted by molar-refractivity contribution is 0.0143. The van der Waals surface area contributed by atoms with E-state index >= 15 is 0 Å². The van der Waals surface area contributed by atoms with Gasteiger partial charge in [-0.25, -0.2) is 0 Å². The zero-order valence-electron chi connectivity index (χ0n) is 18.2. The highest BCUT2D eigenvalue weighted by Crippen LogP contribution is 2.14. The number of aryl methyl sites for hydroxylation is 1. The number of aliphatic imine (C=N–C) groups is 1. The smallest absolute Gasteiger partial charge is 0.191 e. The van der Waals surface area contributed by atoms with Gasteiger partial charge in [0, 0.05) is 32.2 Å². The first-order valence-corrected chi connectivity index (χ1v) is 10.7. The lowest BCUT2D eigenvalue weighted by atomic mass is 10.0. The largest absolute Gasteiger partial charge is 0.508 e. The fourth-order valence-corrected chi connectivity index (χ4v) is 3.53. The number of nitrogens with one attached hydrogen (secondary N) is 2. The number of morpholine rings is 1. The molecule has 1 aliphatic heterocycles. The van der Waals surface area contributed by atoms with Gasteiger partial charge in [0.25, 0.3) is 0 Å². The summed E-state index contributed by atoms with van der Waals surface area (Å²) in [6.45, 7) is 12.9. The van der Waals surface area contributed by atoms with Crippen molar-refractivity contribution < 1.29 is 9.84 Å². The predicted octanol–water partition coefficient (Wildman–Crippen LogP) is 3.24. The topological polar surface area (TPSA) is 69.1 Å². The first-order chi connectivity index (χ1) is 13.6. The molecule has 0 aliphatic carbocycles. The van der Waals surface area contributed by atoms with Crippen LogP contribution in [0.1, 0.15) is 39.2 Å². The molecule has 166 valence electrons. The second-order valence-electron chi connectivity index (χ2n) is 7.85. The molecule has 0 amide bonds. The Hall–Kier alpha value is -1.06. The van der Waals surface area contributed by atoms with Gasteiger partial charge in [-0.2, -0.15) is 0 Å². The first kappa shape index (κ1) is 26.0. The van der Waals surface area contributed by atoms with Gasteiger partial charge in [0.05, 0.1) is 19.8 Å². The van der Waals surface area contributed by atoms with E-state index in [1.54, 1.807) is 12.1 Å². The number of aromatic hydroxyl groups is 1. The number of phenolic OH excluding ortho intramolecular Hbond substituents is 1. The second kappa shape index (κ2) is 14.8. The van der Waals surface area contributed by atoms with Crippen molar-refractivity contribution in [3.05, 3.63) is 29.8 Å². The lowest BCUT2D eigenvalue weighted by Gasteiger charge is -2.34. The Bertz CT molecular complexity index is 575. The molecule has 1 heterocycles. The van der Waals surface area contributed by atoms with E-state index in [1.165, 1.54) is 5.56 Å². The molecule has 0 bridgehead atoms. The van der Waals surface area contributed by atoms with Crippen LogP contribution in [0.15, 0.2) is 29.3 Å². The number of hydrogen-bond donors (Lipinski definition) is 3. The highest BCUT2D eigenvalue weighted by atomic mass is 127. The Morgan fingerprint density at radius 3 is 2.48 bits per heavy atom. The van der Waals surface area contributed by atoms with Crippen LogP contribution in [0.4, 0.5) is 0 Å². The maximum absolute atomic E-state index is 9.37. The van der Waals surface area contributed by atoms with Gasteiger partial charge in [-0.3, -0.25) is 9.89 Å². The van der Waals surface area contributed by atoms with Gasteiger partial charge in [-0.05, 0) is 49.8 Å². The van der Waals surface area contributed by atoms with Crippen LogP contribution >= 0.6 is 24.0 Å². The molecule has 1 atom stereocenters. The third-order valence-corrected chi connectivity index (χ3v) is 4.98. The van der Waals surface area contributed by atoms with Gasteiger partial charge in [-0.1, -0.05) is 26.0 Å². The summed E-state index contributed by atoms with van der Waals surface area (Å²) in [4.78, 5) is 7.41. The van der Waals surface area contributed by atoms with Crippen molar-refractivity contribution >= 4 is 29.9 Å². The number of hydrogen-bond acceptors (Lipinski definition) is 4. The molecule has 1 aromatic rings. The highest BCUT2D eigenvalue weighted by molar-refractivity contribution is 14.0. The summed E-state index contributed by atoms with van der Waals surface area (Å²) < 4.78 is 5.51. The first-order valence-electron chi connectivity index (χ1n) is 10.7. The molecule has 29 heavy (non-hydrogen) atoms. The Labute approximate surface area is 193 Å². The molecule has 2 rings (SSSR count). The average Bonchev–Trinajstić information content (AvgIpc) is 2.70. The van der Waals surface area contributed by atoms with Crippen molar-refractivity contribution in [2.45, 2.75) is 46.1 Å². The van der Waals surface area contributed by atoms with Crippen LogP contribution < -0.4 is 10.6 Å². The van der Waals surface area contributed by atoms with E-state index in [9.17, 15) is 5.11 Å². The Kier molecular flexibility index (Phi) is 13.3. The Morgan fingerprint density at radius 2 is 1.86 bits per heavy atom. The Morgan fingerprint density at radius 1 is 1.17 bits per heavy atom. The van der Waals surface area contributed by atoms with Crippen molar-refractivity contribution in [3.8, 4) is 5.75 Å². The minimum atomic E-state index is 0.